The van der Waals surface area contributed by atoms with E-state index in [2.05, 4.69) is 34.9 Å². The van der Waals surface area contributed by atoms with E-state index >= 15 is 0 Å². The maximum atomic E-state index is 11.7. The number of benzene rings is 3. The lowest BCUT2D eigenvalue weighted by molar-refractivity contribution is 0.112. The van der Waals surface area contributed by atoms with Crippen molar-refractivity contribution >= 4 is 17.2 Å². The minimum atomic E-state index is 0.577. The molecule has 1 heterocycles. The molecule has 0 bridgehead atoms. The van der Waals surface area contributed by atoms with Gasteiger partial charge in [0.1, 0.15) is 5.75 Å². The summed E-state index contributed by atoms with van der Waals surface area (Å²) in [5.74, 6) is 0.671. The number of fused-ring (bicyclic) bond motifs is 1. The molecule has 0 saturated heterocycles. The van der Waals surface area contributed by atoms with Gasteiger partial charge in [-0.3, -0.25) is 4.79 Å². The molecule has 4 nitrogen and oxygen atoms in total. The van der Waals surface area contributed by atoms with Gasteiger partial charge in [0.25, 0.3) is 0 Å². The summed E-state index contributed by atoms with van der Waals surface area (Å²) in [6.07, 6.45) is 0.881. The zero-order chi connectivity index (χ0) is 20.1. The minimum Gasteiger partial charge on any atom is -0.497 e. The number of carbonyl (C=O) groups excluding carboxylic acids is 1. The average molecular weight is 385 g/mol. The minimum absolute atomic E-state index is 0.577. The highest BCUT2D eigenvalue weighted by Gasteiger charge is 2.14. The van der Waals surface area contributed by atoms with Crippen LogP contribution in [0.3, 0.4) is 0 Å². The van der Waals surface area contributed by atoms with Gasteiger partial charge in [0.05, 0.1) is 20.3 Å². The van der Waals surface area contributed by atoms with E-state index in [-0.39, 0.29) is 0 Å². The lowest BCUT2D eigenvalue weighted by Crippen LogP contribution is -2.08. The molecule has 0 unspecified atom stereocenters. The Bertz CT molecular complexity index is 1120. The van der Waals surface area contributed by atoms with Crippen LogP contribution in [-0.4, -0.2) is 24.6 Å². The van der Waals surface area contributed by atoms with Gasteiger partial charge in [-0.15, -0.1) is 0 Å². The van der Waals surface area contributed by atoms with Gasteiger partial charge in [-0.05, 0) is 35.9 Å². The molecule has 0 aliphatic heterocycles. The molecule has 3 aromatic carbocycles. The first-order valence-corrected chi connectivity index (χ1v) is 9.63. The molecular weight excluding hydrogens is 362 g/mol. The van der Waals surface area contributed by atoms with Crippen LogP contribution in [0.5, 0.6) is 5.75 Å². The Balaban J connectivity index is 1.64. The van der Waals surface area contributed by atoms with Crippen LogP contribution in [0.2, 0.25) is 0 Å². The van der Waals surface area contributed by atoms with E-state index in [0.29, 0.717) is 31.1 Å². The zero-order valence-electron chi connectivity index (χ0n) is 16.4. The maximum Gasteiger partial charge on any atom is 0.150 e. The van der Waals surface area contributed by atoms with Gasteiger partial charge in [-0.1, -0.05) is 48.5 Å². The van der Waals surface area contributed by atoms with Crippen LogP contribution in [0.4, 0.5) is 0 Å². The van der Waals surface area contributed by atoms with Gasteiger partial charge in [0.2, 0.25) is 0 Å². The summed E-state index contributed by atoms with van der Waals surface area (Å²) < 4.78 is 13.4. The molecular formula is C25H23NO3. The average Bonchev–Trinajstić information content (AvgIpc) is 3.15. The molecule has 0 aliphatic carbocycles. The standard InChI is InChI=1S/C25H23NO3/c1-28-22-11-12-23(21(15-22)17-27)25-16-20-9-5-6-10-24(20)26(25)13-14-29-18-19-7-3-2-4-8-19/h2-12,15-17H,13-14,18H2,1H3. The van der Waals surface area contributed by atoms with E-state index in [1.54, 1.807) is 13.2 Å². The molecule has 0 N–H and O–H groups in total. The second kappa shape index (κ2) is 8.76. The van der Waals surface area contributed by atoms with Crippen molar-refractivity contribution in [2.45, 2.75) is 13.2 Å². The molecule has 29 heavy (non-hydrogen) atoms. The molecule has 4 aromatic rings. The van der Waals surface area contributed by atoms with Gasteiger partial charge in [-0.2, -0.15) is 0 Å². The fourth-order valence-corrected chi connectivity index (χ4v) is 3.59. The molecule has 0 amide bonds. The maximum absolute atomic E-state index is 11.7. The summed E-state index contributed by atoms with van der Waals surface area (Å²) in [5, 5.41) is 1.14. The van der Waals surface area contributed by atoms with Gasteiger partial charge >= 0.3 is 0 Å². The van der Waals surface area contributed by atoms with Crippen LogP contribution < -0.4 is 4.74 Å². The smallest absolute Gasteiger partial charge is 0.150 e. The fourth-order valence-electron chi connectivity index (χ4n) is 3.59. The van der Waals surface area contributed by atoms with Crippen LogP contribution in [0.25, 0.3) is 22.2 Å². The topological polar surface area (TPSA) is 40.5 Å². The van der Waals surface area contributed by atoms with Gasteiger partial charge < -0.3 is 14.0 Å². The highest BCUT2D eigenvalue weighted by molar-refractivity contribution is 5.93. The summed E-state index contributed by atoms with van der Waals surface area (Å²) in [7, 11) is 1.60. The number of aromatic nitrogens is 1. The SMILES string of the molecule is COc1ccc(-c2cc3ccccc3n2CCOCc2ccccc2)c(C=O)c1. The molecule has 4 rings (SSSR count). The molecule has 0 radical (unpaired) electrons. The third kappa shape index (κ3) is 4.08. The number of nitrogens with zero attached hydrogens (tertiary/aromatic N) is 1. The van der Waals surface area contributed by atoms with E-state index in [4.69, 9.17) is 9.47 Å². The number of ether oxygens (including phenoxy) is 2. The molecule has 0 atom stereocenters. The summed E-state index contributed by atoms with van der Waals surface area (Å²) in [5.41, 5.74) is 4.78. The van der Waals surface area contributed by atoms with Crippen molar-refractivity contribution in [3.63, 3.8) is 0 Å². The van der Waals surface area contributed by atoms with E-state index in [1.807, 2.05) is 42.5 Å². The van der Waals surface area contributed by atoms with E-state index in [9.17, 15) is 4.79 Å². The number of aldehydes is 1. The van der Waals surface area contributed by atoms with Crippen molar-refractivity contribution in [2.75, 3.05) is 13.7 Å². The fraction of sp³-hybridized carbons (Fsp3) is 0.160. The number of hydrogen-bond acceptors (Lipinski definition) is 3. The van der Waals surface area contributed by atoms with Gasteiger partial charge in [0, 0.05) is 34.3 Å². The number of hydrogen-bond donors (Lipinski definition) is 0. The Kier molecular flexibility index (Phi) is 5.73. The lowest BCUT2D eigenvalue weighted by Gasteiger charge is -2.13. The quantitative estimate of drug-likeness (QED) is 0.303. The summed E-state index contributed by atoms with van der Waals surface area (Å²) in [6.45, 7) is 1.85. The number of rotatable bonds is 8. The van der Waals surface area contributed by atoms with Crippen molar-refractivity contribution in [1.82, 2.24) is 4.57 Å². The van der Waals surface area contributed by atoms with Crippen molar-refractivity contribution < 1.29 is 14.3 Å². The predicted molar refractivity (Wildman–Crippen MR) is 115 cm³/mol. The highest BCUT2D eigenvalue weighted by Crippen LogP contribution is 2.32. The molecule has 146 valence electrons. The first kappa shape index (κ1) is 19.0. The van der Waals surface area contributed by atoms with Crippen LogP contribution >= 0.6 is 0 Å². The first-order chi connectivity index (χ1) is 14.3. The van der Waals surface area contributed by atoms with E-state index < -0.39 is 0 Å². The van der Waals surface area contributed by atoms with Crippen molar-refractivity contribution in [1.29, 1.82) is 0 Å². The number of para-hydroxylation sites is 1. The van der Waals surface area contributed by atoms with Crippen molar-refractivity contribution in [3.05, 3.63) is 90.0 Å². The number of methoxy groups -OCH3 is 1. The molecule has 0 aliphatic rings. The molecule has 0 spiro atoms. The Morgan fingerprint density at radius 3 is 2.52 bits per heavy atom. The monoisotopic (exact) mass is 385 g/mol. The lowest BCUT2D eigenvalue weighted by atomic mass is 10.0. The normalized spacial score (nSPS) is 10.9. The summed E-state index contributed by atoms with van der Waals surface area (Å²) in [4.78, 5) is 11.7. The Morgan fingerprint density at radius 2 is 1.72 bits per heavy atom. The number of carbonyl (C=O) groups is 1. The largest absolute Gasteiger partial charge is 0.497 e. The summed E-state index contributed by atoms with van der Waals surface area (Å²) >= 11 is 0. The summed E-state index contributed by atoms with van der Waals surface area (Å²) in [6, 6.07) is 26.1. The van der Waals surface area contributed by atoms with Gasteiger partial charge in [-0.25, -0.2) is 0 Å². The third-order valence-corrected chi connectivity index (χ3v) is 5.04. The van der Waals surface area contributed by atoms with Crippen LogP contribution in [0.15, 0.2) is 78.9 Å². The second-order valence-corrected chi connectivity index (χ2v) is 6.85. The van der Waals surface area contributed by atoms with E-state index in [1.165, 1.54) is 0 Å². The zero-order valence-corrected chi connectivity index (χ0v) is 16.4. The molecule has 4 heteroatoms. The first-order valence-electron chi connectivity index (χ1n) is 9.63. The Labute approximate surface area is 170 Å². The molecule has 0 saturated carbocycles. The predicted octanol–water partition coefficient (Wildman–Crippen LogP) is 5.35. The van der Waals surface area contributed by atoms with Crippen molar-refractivity contribution in [2.24, 2.45) is 0 Å². The third-order valence-electron chi connectivity index (χ3n) is 5.04. The van der Waals surface area contributed by atoms with Gasteiger partial charge in [0.15, 0.2) is 6.29 Å². The Hall–Kier alpha value is -3.37. The highest BCUT2D eigenvalue weighted by atomic mass is 16.5. The van der Waals surface area contributed by atoms with Crippen LogP contribution in [-0.2, 0) is 17.9 Å². The Morgan fingerprint density at radius 1 is 0.931 bits per heavy atom. The molecule has 0 fully saturated rings. The molecule has 1 aromatic heterocycles. The van der Waals surface area contributed by atoms with Crippen LogP contribution in [0, 0.1) is 0 Å². The second-order valence-electron chi connectivity index (χ2n) is 6.85. The van der Waals surface area contributed by atoms with Crippen molar-refractivity contribution in [3.8, 4) is 17.0 Å². The van der Waals surface area contributed by atoms with Crippen LogP contribution in [0.1, 0.15) is 15.9 Å². The van der Waals surface area contributed by atoms with E-state index in [0.717, 1.165) is 34.0 Å².